The average molecular weight is 208 g/mol. The van der Waals surface area contributed by atoms with Crippen molar-refractivity contribution in [2.45, 2.75) is 52.1 Å². The number of rotatable bonds is 9. The zero-order chi connectivity index (χ0) is 9.94. The second-order valence-electron chi connectivity index (χ2n) is 3.14. The lowest BCUT2D eigenvalue weighted by Crippen LogP contribution is -2.07. The smallest absolute Gasteiger partial charge is 0.125 e. The van der Waals surface area contributed by atoms with Gasteiger partial charge in [0.2, 0.25) is 0 Å². The first-order valence-electron chi connectivity index (χ1n) is 5.19. The number of alkyl halides is 1. The summed E-state index contributed by atoms with van der Waals surface area (Å²) in [5, 5.41) is 0. The zero-order valence-corrected chi connectivity index (χ0v) is 9.54. The van der Waals surface area contributed by atoms with Gasteiger partial charge in [0.1, 0.15) is 6.17 Å². The molecule has 1 nitrogen and oxygen atoms in total. The van der Waals surface area contributed by atoms with Crippen LogP contribution in [0.15, 0.2) is 0 Å². The molecular formula is C10H21FOS. The first kappa shape index (κ1) is 13.2. The van der Waals surface area contributed by atoms with Crippen molar-refractivity contribution in [1.29, 1.82) is 0 Å². The van der Waals surface area contributed by atoms with Crippen molar-refractivity contribution in [1.82, 2.24) is 0 Å². The van der Waals surface area contributed by atoms with Crippen LogP contribution in [-0.2, 0) is 4.18 Å². The summed E-state index contributed by atoms with van der Waals surface area (Å²) in [6, 6.07) is 0. The zero-order valence-electron chi connectivity index (χ0n) is 8.72. The molecule has 1 atom stereocenters. The molecule has 0 fully saturated rings. The van der Waals surface area contributed by atoms with E-state index in [0.29, 0.717) is 6.42 Å². The molecule has 0 aromatic heterocycles. The molecule has 3 heteroatoms. The maximum absolute atomic E-state index is 13.0. The molecule has 0 bridgehead atoms. The molecule has 0 spiro atoms. The highest BCUT2D eigenvalue weighted by Crippen LogP contribution is 2.11. The van der Waals surface area contributed by atoms with Crippen molar-refractivity contribution in [2.75, 3.05) is 12.4 Å². The van der Waals surface area contributed by atoms with Gasteiger partial charge in [0.25, 0.3) is 0 Å². The lowest BCUT2D eigenvalue weighted by atomic mass is 10.1. The minimum atomic E-state index is -0.768. The molecule has 0 N–H and O–H groups in total. The molecule has 0 saturated carbocycles. The van der Waals surface area contributed by atoms with Crippen LogP contribution in [-0.4, -0.2) is 18.5 Å². The molecule has 0 amide bonds. The van der Waals surface area contributed by atoms with Gasteiger partial charge in [-0.05, 0) is 18.5 Å². The number of halogens is 1. The van der Waals surface area contributed by atoms with Gasteiger partial charge in [-0.2, -0.15) is 0 Å². The average Bonchev–Trinajstić information content (AvgIpc) is 2.13. The van der Waals surface area contributed by atoms with Gasteiger partial charge in [-0.3, -0.25) is 0 Å². The molecule has 0 aliphatic heterocycles. The molecule has 0 aromatic carbocycles. The van der Waals surface area contributed by atoms with Gasteiger partial charge in [0.05, 0.1) is 6.61 Å². The van der Waals surface area contributed by atoms with Gasteiger partial charge in [-0.25, -0.2) is 4.39 Å². The molecule has 0 saturated heterocycles. The Balaban J connectivity index is 3.05. The standard InChI is InChI=1S/C10H21FOS/c1-3-5-6-7-8-10(11)9-12-13-4-2/h10H,3-9H2,1-2H3. The van der Waals surface area contributed by atoms with Crippen molar-refractivity contribution >= 4 is 12.0 Å². The molecule has 0 radical (unpaired) electrons. The lowest BCUT2D eigenvalue weighted by molar-refractivity contribution is 0.205. The van der Waals surface area contributed by atoms with Crippen molar-refractivity contribution in [3.8, 4) is 0 Å². The second-order valence-corrected chi connectivity index (χ2v) is 4.19. The summed E-state index contributed by atoms with van der Waals surface area (Å²) < 4.78 is 18.1. The highest BCUT2D eigenvalue weighted by molar-refractivity contribution is 7.94. The molecular weight excluding hydrogens is 187 g/mol. The first-order chi connectivity index (χ1) is 6.31. The van der Waals surface area contributed by atoms with Crippen LogP contribution in [0.2, 0.25) is 0 Å². The summed E-state index contributed by atoms with van der Waals surface area (Å²) in [7, 11) is 0. The van der Waals surface area contributed by atoms with Gasteiger partial charge < -0.3 is 4.18 Å². The Morgan fingerprint density at radius 2 is 2.00 bits per heavy atom. The fraction of sp³-hybridized carbons (Fsp3) is 1.00. The van der Waals surface area contributed by atoms with Gasteiger partial charge >= 0.3 is 0 Å². The summed E-state index contributed by atoms with van der Waals surface area (Å²) in [6.45, 7) is 4.41. The van der Waals surface area contributed by atoms with E-state index in [0.717, 1.165) is 18.6 Å². The van der Waals surface area contributed by atoms with Crippen LogP contribution in [0, 0.1) is 0 Å². The number of unbranched alkanes of at least 4 members (excludes halogenated alkanes) is 3. The molecule has 80 valence electrons. The van der Waals surface area contributed by atoms with E-state index in [4.69, 9.17) is 4.18 Å². The Morgan fingerprint density at radius 3 is 2.62 bits per heavy atom. The van der Waals surface area contributed by atoms with Crippen LogP contribution in [0.1, 0.15) is 46.0 Å². The minimum absolute atomic E-state index is 0.255. The molecule has 0 aliphatic carbocycles. The quantitative estimate of drug-likeness (QED) is 0.419. The Kier molecular flexibility index (Phi) is 10.5. The predicted molar refractivity (Wildman–Crippen MR) is 57.7 cm³/mol. The third kappa shape index (κ3) is 10.2. The number of hydrogen-bond acceptors (Lipinski definition) is 2. The van der Waals surface area contributed by atoms with Crippen LogP contribution in [0.25, 0.3) is 0 Å². The monoisotopic (exact) mass is 208 g/mol. The molecule has 0 rings (SSSR count). The Morgan fingerprint density at radius 1 is 1.23 bits per heavy atom. The fourth-order valence-corrected chi connectivity index (χ4v) is 1.49. The Hall–Kier alpha value is 0.240. The van der Waals surface area contributed by atoms with E-state index < -0.39 is 6.17 Å². The van der Waals surface area contributed by atoms with Gasteiger partial charge in [0.15, 0.2) is 0 Å². The molecule has 0 aromatic rings. The first-order valence-corrected chi connectivity index (χ1v) is 6.10. The fourth-order valence-electron chi connectivity index (χ4n) is 1.08. The summed E-state index contributed by atoms with van der Waals surface area (Å²) in [4.78, 5) is 0. The summed E-state index contributed by atoms with van der Waals surface area (Å²) in [6.07, 6.45) is 4.46. The Bertz CT molecular complexity index is 101. The van der Waals surface area contributed by atoms with Gasteiger partial charge in [-0.15, -0.1) is 0 Å². The maximum atomic E-state index is 13.0. The summed E-state index contributed by atoms with van der Waals surface area (Å²) >= 11 is 1.34. The van der Waals surface area contributed by atoms with E-state index in [-0.39, 0.29) is 6.61 Å². The highest BCUT2D eigenvalue weighted by Gasteiger charge is 2.05. The second kappa shape index (κ2) is 10.3. The summed E-state index contributed by atoms with van der Waals surface area (Å²) in [5.41, 5.74) is 0. The topological polar surface area (TPSA) is 9.23 Å². The molecule has 13 heavy (non-hydrogen) atoms. The molecule has 1 unspecified atom stereocenters. The van der Waals surface area contributed by atoms with E-state index in [1.165, 1.54) is 24.9 Å². The molecule has 0 heterocycles. The third-order valence-corrected chi connectivity index (χ3v) is 2.36. The maximum Gasteiger partial charge on any atom is 0.125 e. The predicted octanol–water partition coefficient (Wildman–Crippen LogP) is 3.98. The highest BCUT2D eigenvalue weighted by atomic mass is 32.2. The minimum Gasteiger partial charge on any atom is -0.312 e. The van der Waals surface area contributed by atoms with E-state index in [2.05, 4.69) is 6.92 Å². The third-order valence-electron chi connectivity index (χ3n) is 1.82. The summed E-state index contributed by atoms with van der Waals surface area (Å²) in [5.74, 6) is 0.891. The van der Waals surface area contributed by atoms with Crippen LogP contribution in [0.3, 0.4) is 0 Å². The van der Waals surface area contributed by atoms with E-state index in [1.807, 2.05) is 6.92 Å². The van der Waals surface area contributed by atoms with Crippen molar-refractivity contribution in [2.24, 2.45) is 0 Å². The van der Waals surface area contributed by atoms with Crippen molar-refractivity contribution in [3.63, 3.8) is 0 Å². The van der Waals surface area contributed by atoms with E-state index in [9.17, 15) is 4.39 Å². The van der Waals surface area contributed by atoms with Crippen LogP contribution < -0.4 is 0 Å². The molecule has 0 aliphatic rings. The SMILES string of the molecule is CCCCCCC(F)COSCC. The number of hydrogen-bond donors (Lipinski definition) is 0. The largest absolute Gasteiger partial charge is 0.312 e. The van der Waals surface area contributed by atoms with Crippen molar-refractivity contribution < 1.29 is 8.57 Å². The lowest BCUT2D eigenvalue weighted by Gasteiger charge is -2.06. The van der Waals surface area contributed by atoms with Crippen LogP contribution in [0.5, 0.6) is 0 Å². The van der Waals surface area contributed by atoms with E-state index in [1.54, 1.807) is 0 Å². The van der Waals surface area contributed by atoms with E-state index >= 15 is 0 Å². The van der Waals surface area contributed by atoms with Crippen LogP contribution >= 0.6 is 12.0 Å². The Labute approximate surface area is 85.6 Å². The normalized spacial score (nSPS) is 13.2. The van der Waals surface area contributed by atoms with Gasteiger partial charge in [0, 0.05) is 5.75 Å². The van der Waals surface area contributed by atoms with Crippen LogP contribution in [0.4, 0.5) is 4.39 Å². The van der Waals surface area contributed by atoms with Crippen molar-refractivity contribution in [3.05, 3.63) is 0 Å². The van der Waals surface area contributed by atoms with Gasteiger partial charge in [-0.1, -0.05) is 39.5 Å².